The fourth-order valence-corrected chi connectivity index (χ4v) is 2.18. The summed E-state index contributed by atoms with van der Waals surface area (Å²) in [5.41, 5.74) is 2.81. The maximum absolute atomic E-state index is 12.5. The second-order valence-corrected chi connectivity index (χ2v) is 5.30. The Morgan fingerprint density at radius 2 is 1.79 bits per heavy atom. The van der Waals surface area contributed by atoms with E-state index in [0.717, 1.165) is 18.3 Å². The number of hydrazone groups is 1. The highest BCUT2D eigenvalue weighted by molar-refractivity contribution is 5.86. The van der Waals surface area contributed by atoms with E-state index in [0.29, 0.717) is 11.4 Å². The molecule has 0 aliphatic carbocycles. The highest BCUT2D eigenvalue weighted by Crippen LogP contribution is 2.26. The summed E-state index contributed by atoms with van der Waals surface area (Å²) in [6.45, 7) is -6.45. The third-order valence-corrected chi connectivity index (χ3v) is 3.37. The van der Waals surface area contributed by atoms with E-state index in [-0.39, 0.29) is 17.9 Å². The van der Waals surface area contributed by atoms with Gasteiger partial charge < -0.3 is 19.5 Å². The summed E-state index contributed by atoms with van der Waals surface area (Å²) < 4.78 is 63.1. The molecule has 0 fully saturated rings. The summed E-state index contributed by atoms with van der Waals surface area (Å²) in [6, 6.07) is 10.1. The van der Waals surface area contributed by atoms with Crippen LogP contribution in [0.5, 0.6) is 17.2 Å². The standard InChI is InChI=1S/C18H17F4N3O4/c1-27-14-5-3-2-4-13(14)23-10-16(26)25-24-9-11-6-7-12(28-17(19)20)8-15(11)29-18(21)22/h2-9,17-18,23H,10H2,1H3,(H,25,26)/b24-9+. The quantitative estimate of drug-likeness (QED) is 0.353. The zero-order valence-corrected chi connectivity index (χ0v) is 15.1. The van der Waals surface area contributed by atoms with Crippen molar-refractivity contribution in [1.29, 1.82) is 0 Å². The molecule has 2 N–H and O–H groups in total. The minimum absolute atomic E-state index is 0.0184. The third kappa shape index (κ3) is 7.20. The molecular weight excluding hydrogens is 398 g/mol. The van der Waals surface area contributed by atoms with Gasteiger partial charge in [-0.25, -0.2) is 5.43 Å². The maximum atomic E-state index is 12.5. The van der Waals surface area contributed by atoms with Crippen LogP contribution in [0.3, 0.4) is 0 Å². The van der Waals surface area contributed by atoms with Crippen molar-refractivity contribution in [2.24, 2.45) is 5.10 Å². The van der Waals surface area contributed by atoms with E-state index in [2.05, 4.69) is 25.3 Å². The average Bonchev–Trinajstić information content (AvgIpc) is 2.67. The lowest BCUT2D eigenvalue weighted by atomic mass is 10.2. The molecule has 156 valence electrons. The molecule has 1 amide bonds. The van der Waals surface area contributed by atoms with Gasteiger partial charge in [-0.15, -0.1) is 0 Å². The van der Waals surface area contributed by atoms with Gasteiger partial charge in [-0.05, 0) is 24.3 Å². The van der Waals surface area contributed by atoms with Crippen LogP contribution in [0.25, 0.3) is 0 Å². The van der Waals surface area contributed by atoms with E-state index in [1.165, 1.54) is 13.2 Å². The fraction of sp³-hybridized carbons (Fsp3) is 0.222. The number of carbonyl (C=O) groups is 1. The number of carbonyl (C=O) groups excluding carboxylic acids is 1. The molecular formula is C18H17F4N3O4. The molecule has 0 aliphatic rings. The molecule has 0 atom stereocenters. The van der Waals surface area contributed by atoms with Crippen LogP contribution in [-0.2, 0) is 4.79 Å². The normalized spacial score (nSPS) is 11.0. The molecule has 0 saturated carbocycles. The average molecular weight is 415 g/mol. The van der Waals surface area contributed by atoms with Crippen LogP contribution in [0, 0.1) is 0 Å². The van der Waals surface area contributed by atoms with E-state index < -0.39 is 24.9 Å². The molecule has 0 radical (unpaired) electrons. The molecule has 2 aromatic carbocycles. The monoisotopic (exact) mass is 415 g/mol. The van der Waals surface area contributed by atoms with Gasteiger partial charge in [0, 0.05) is 11.6 Å². The Morgan fingerprint density at radius 1 is 1.07 bits per heavy atom. The first-order valence-electron chi connectivity index (χ1n) is 8.11. The van der Waals surface area contributed by atoms with Crippen LogP contribution in [0.2, 0.25) is 0 Å². The number of nitrogens with zero attached hydrogens (tertiary/aromatic N) is 1. The smallest absolute Gasteiger partial charge is 0.387 e. The van der Waals surface area contributed by atoms with Crippen LogP contribution in [0.15, 0.2) is 47.6 Å². The molecule has 2 aromatic rings. The minimum Gasteiger partial charge on any atom is -0.495 e. The molecule has 0 heterocycles. The number of rotatable bonds is 10. The van der Waals surface area contributed by atoms with E-state index in [1.54, 1.807) is 24.3 Å². The van der Waals surface area contributed by atoms with Gasteiger partial charge in [0.2, 0.25) is 0 Å². The SMILES string of the molecule is COc1ccccc1NCC(=O)N/N=C/c1ccc(OC(F)F)cc1OC(F)F. The fourth-order valence-electron chi connectivity index (χ4n) is 2.18. The number of hydrogen-bond donors (Lipinski definition) is 2. The number of benzene rings is 2. The van der Waals surface area contributed by atoms with Gasteiger partial charge in [-0.1, -0.05) is 12.1 Å². The molecule has 0 unspecified atom stereocenters. The van der Waals surface area contributed by atoms with Crippen molar-refractivity contribution < 1.29 is 36.6 Å². The number of amides is 1. The largest absolute Gasteiger partial charge is 0.495 e. The molecule has 0 saturated heterocycles. The highest BCUT2D eigenvalue weighted by atomic mass is 19.3. The summed E-state index contributed by atoms with van der Waals surface area (Å²) in [6.07, 6.45) is 1.03. The number of ether oxygens (including phenoxy) is 3. The zero-order chi connectivity index (χ0) is 21.2. The molecule has 29 heavy (non-hydrogen) atoms. The van der Waals surface area contributed by atoms with Crippen LogP contribution < -0.4 is 25.0 Å². The summed E-state index contributed by atoms with van der Waals surface area (Å²) in [4.78, 5) is 11.9. The van der Waals surface area contributed by atoms with Crippen molar-refractivity contribution in [2.45, 2.75) is 13.2 Å². The lowest BCUT2D eigenvalue weighted by Gasteiger charge is -2.11. The Labute approximate surface area is 163 Å². The Kier molecular flexibility index (Phi) is 8.07. The minimum atomic E-state index is -3.19. The van der Waals surface area contributed by atoms with Gasteiger partial charge in [-0.2, -0.15) is 22.7 Å². The molecule has 7 nitrogen and oxygen atoms in total. The Balaban J connectivity index is 1.98. The predicted molar refractivity (Wildman–Crippen MR) is 96.9 cm³/mol. The second-order valence-electron chi connectivity index (χ2n) is 5.30. The lowest BCUT2D eigenvalue weighted by Crippen LogP contribution is -2.26. The Hall–Kier alpha value is -3.50. The van der Waals surface area contributed by atoms with Gasteiger partial charge in [0.1, 0.15) is 17.2 Å². The molecule has 0 aliphatic heterocycles. The summed E-state index contributed by atoms with van der Waals surface area (Å²) in [5.74, 6) is -0.786. The van der Waals surface area contributed by atoms with Crippen molar-refractivity contribution in [3.8, 4) is 17.2 Å². The summed E-state index contributed by atoms with van der Waals surface area (Å²) >= 11 is 0. The molecule has 0 bridgehead atoms. The number of para-hydroxylation sites is 2. The van der Waals surface area contributed by atoms with Crippen molar-refractivity contribution >= 4 is 17.8 Å². The number of halogens is 4. The van der Waals surface area contributed by atoms with Crippen LogP contribution in [-0.4, -0.2) is 39.0 Å². The van der Waals surface area contributed by atoms with Crippen molar-refractivity contribution in [3.63, 3.8) is 0 Å². The van der Waals surface area contributed by atoms with E-state index in [4.69, 9.17) is 4.74 Å². The lowest BCUT2D eigenvalue weighted by molar-refractivity contribution is -0.119. The van der Waals surface area contributed by atoms with Gasteiger partial charge in [0.25, 0.3) is 5.91 Å². The number of anilines is 1. The first-order valence-corrected chi connectivity index (χ1v) is 8.11. The number of nitrogens with one attached hydrogen (secondary N) is 2. The summed E-state index contributed by atoms with van der Waals surface area (Å²) in [7, 11) is 1.49. The number of hydrogen-bond acceptors (Lipinski definition) is 6. The van der Waals surface area contributed by atoms with E-state index in [9.17, 15) is 22.4 Å². The van der Waals surface area contributed by atoms with Crippen LogP contribution in [0.4, 0.5) is 23.2 Å². The first kappa shape index (κ1) is 21.8. The first-order chi connectivity index (χ1) is 13.9. The molecule has 2 rings (SSSR count). The van der Waals surface area contributed by atoms with Gasteiger partial charge in [0.05, 0.1) is 25.6 Å². The van der Waals surface area contributed by atoms with E-state index in [1.807, 2.05) is 0 Å². The summed E-state index contributed by atoms with van der Waals surface area (Å²) in [5, 5.41) is 6.50. The Morgan fingerprint density at radius 3 is 2.48 bits per heavy atom. The third-order valence-electron chi connectivity index (χ3n) is 3.37. The van der Waals surface area contributed by atoms with Gasteiger partial charge in [0.15, 0.2) is 0 Å². The number of methoxy groups -OCH3 is 1. The van der Waals surface area contributed by atoms with Crippen molar-refractivity contribution in [2.75, 3.05) is 19.0 Å². The van der Waals surface area contributed by atoms with E-state index >= 15 is 0 Å². The second kappa shape index (κ2) is 10.7. The van der Waals surface area contributed by atoms with Gasteiger partial charge >= 0.3 is 13.2 Å². The van der Waals surface area contributed by atoms with Gasteiger partial charge in [-0.3, -0.25) is 4.79 Å². The molecule has 11 heteroatoms. The maximum Gasteiger partial charge on any atom is 0.387 e. The predicted octanol–water partition coefficient (Wildman–Crippen LogP) is 3.46. The van der Waals surface area contributed by atoms with Crippen molar-refractivity contribution in [1.82, 2.24) is 5.43 Å². The van der Waals surface area contributed by atoms with Crippen molar-refractivity contribution in [3.05, 3.63) is 48.0 Å². The number of alkyl halides is 4. The van der Waals surface area contributed by atoms with Crippen LogP contribution >= 0.6 is 0 Å². The molecule has 0 aromatic heterocycles. The Bertz CT molecular complexity index is 850. The van der Waals surface area contributed by atoms with Crippen LogP contribution in [0.1, 0.15) is 5.56 Å². The molecule has 0 spiro atoms. The zero-order valence-electron chi connectivity index (χ0n) is 15.1. The highest BCUT2D eigenvalue weighted by Gasteiger charge is 2.12. The topological polar surface area (TPSA) is 81.2 Å².